The van der Waals surface area contributed by atoms with Gasteiger partial charge in [-0.25, -0.2) is 9.13 Å². The second-order valence-corrected chi connectivity index (χ2v) is 3.94. The molecule has 0 rings (SSSR count). The molecular formula is CH5KO10P2. The van der Waals surface area contributed by atoms with Crippen LogP contribution >= 0.6 is 15.6 Å². The standard InChI is InChI=1S/CH2O3.K.H4O7P2/c2-1(3)4;;1-8(2,3)7-9(4,5)6/h(H2,2,3,4);;(H2,1,2,3)(H2,4,5,6)/q;+1;/p-1. The number of hydrogen-bond acceptors (Lipinski definition) is 5. The zero-order valence-electron chi connectivity index (χ0n) is 6.67. The van der Waals surface area contributed by atoms with E-state index in [-0.39, 0.29) is 51.4 Å². The molecule has 0 aliphatic rings. The van der Waals surface area contributed by atoms with Gasteiger partial charge in [0.15, 0.2) is 0 Å². The van der Waals surface area contributed by atoms with Crippen LogP contribution in [0.2, 0.25) is 0 Å². The van der Waals surface area contributed by atoms with E-state index in [0.29, 0.717) is 0 Å². The van der Waals surface area contributed by atoms with Crippen LogP contribution in [0.5, 0.6) is 0 Å². The third kappa shape index (κ3) is 37.9. The van der Waals surface area contributed by atoms with Crippen LogP contribution in [0.1, 0.15) is 0 Å². The van der Waals surface area contributed by atoms with Gasteiger partial charge in [-0.2, -0.15) is 4.31 Å². The molecule has 0 aromatic rings. The summed E-state index contributed by atoms with van der Waals surface area (Å²) in [6.07, 6.45) is -2.08. The van der Waals surface area contributed by atoms with Gasteiger partial charge in [-0.05, 0) is 0 Å². The molecule has 5 N–H and O–H groups in total. The Labute approximate surface area is 120 Å². The number of carbonyl (C=O) groups is 1. The van der Waals surface area contributed by atoms with E-state index < -0.39 is 21.8 Å². The average Bonchev–Trinajstić information content (AvgIpc) is 1.47. The van der Waals surface area contributed by atoms with Crippen LogP contribution in [0.3, 0.4) is 0 Å². The van der Waals surface area contributed by atoms with E-state index in [0.717, 1.165) is 0 Å². The third-order valence-electron chi connectivity index (χ3n) is 0.213. The summed E-state index contributed by atoms with van der Waals surface area (Å²) in [5, 5.41) is 15.3. The number of rotatable bonds is 2. The molecular weight excluding hydrogens is 273 g/mol. The molecule has 0 aliphatic carbocycles. The summed E-state index contributed by atoms with van der Waals surface area (Å²) in [4.78, 5) is 39.4. The van der Waals surface area contributed by atoms with Crippen LogP contribution in [-0.4, -0.2) is 30.8 Å². The minimum atomic E-state index is -5.05. The maximum absolute atomic E-state index is 9.63. The summed E-state index contributed by atoms with van der Waals surface area (Å²) in [7, 11) is -10.1. The first-order chi connectivity index (χ1) is 5.44. The fourth-order valence-electron chi connectivity index (χ4n) is 0.139. The average molecular weight is 278 g/mol. The summed E-state index contributed by atoms with van der Waals surface area (Å²) in [6.45, 7) is 0. The van der Waals surface area contributed by atoms with E-state index in [2.05, 4.69) is 4.31 Å². The summed E-state index contributed by atoms with van der Waals surface area (Å²) in [5.41, 5.74) is 0. The van der Waals surface area contributed by atoms with Crippen molar-refractivity contribution in [2.45, 2.75) is 0 Å². The van der Waals surface area contributed by atoms with Gasteiger partial charge in [0.1, 0.15) is 0 Å². The predicted molar refractivity (Wildman–Crippen MR) is 33.2 cm³/mol. The number of carboxylic acid groups (broad SMARTS) is 2. The first kappa shape index (κ1) is 20.6. The predicted octanol–water partition coefficient (Wildman–Crippen LogP) is -4.92. The normalized spacial score (nSPS) is 10.6. The van der Waals surface area contributed by atoms with Gasteiger partial charge in [0.05, 0.1) is 0 Å². The quantitative estimate of drug-likeness (QED) is 0.242. The molecule has 10 nitrogen and oxygen atoms in total. The Morgan fingerprint density at radius 2 is 1.21 bits per heavy atom. The molecule has 0 atom stereocenters. The van der Waals surface area contributed by atoms with E-state index in [1.807, 2.05) is 0 Å². The Kier molecular flexibility index (Phi) is 12.2. The first-order valence-corrected chi connectivity index (χ1v) is 5.22. The molecule has 0 radical (unpaired) electrons. The Morgan fingerprint density at radius 3 is 1.21 bits per heavy atom. The van der Waals surface area contributed by atoms with Crippen LogP contribution in [-0.2, 0) is 13.4 Å². The molecule has 80 valence electrons. The van der Waals surface area contributed by atoms with Crippen molar-refractivity contribution in [2.24, 2.45) is 0 Å². The SMILES string of the molecule is O=C([O-])O.O=P(O)(O)OP(=O)(O)O.[K+]. The largest absolute Gasteiger partial charge is 1.00 e. The van der Waals surface area contributed by atoms with Gasteiger partial charge in [-0.15, -0.1) is 0 Å². The molecule has 0 aromatic carbocycles. The molecule has 14 heavy (non-hydrogen) atoms. The van der Waals surface area contributed by atoms with Crippen LogP contribution in [0.25, 0.3) is 0 Å². The Bertz CT molecular complexity index is 223. The van der Waals surface area contributed by atoms with E-state index in [1.54, 1.807) is 0 Å². The van der Waals surface area contributed by atoms with Crippen molar-refractivity contribution >= 4 is 21.8 Å². The van der Waals surface area contributed by atoms with E-state index in [4.69, 9.17) is 34.6 Å². The van der Waals surface area contributed by atoms with Crippen LogP contribution in [0, 0.1) is 0 Å². The molecule has 0 unspecified atom stereocenters. The van der Waals surface area contributed by atoms with Crippen LogP contribution < -0.4 is 56.5 Å². The molecule has 0 aliphatic heterocycles. The minimum absolute atomic E-state index is 0. The summed E-state index contributed by atoms with van der Waals surface area (Å²) >= 11 is 0. The van der Waals surface area contributed by atoms with Crippen LogP contribution in [0.4, 0.5) is 4.79 Å². The summed E-state index contributed by atoms with van der Waals surface area (Å²) in [6, 6.07) is 0. The fourth-order valence-corrected chi connectivity index (χ4v) is 1.25. The van der Waals surface area contributed by atoms with Gasteiger partial charge in [-0.1, -0.05) is 0 Å². The van der Waals surface area contributed by atoms with Crippen molar-refractivity contribution in [3.05, 3.63) is 0 Å². The van der Waals surface area contributed by atoms with Crippen molar-refractivity contribution < 1.29 is 99.4 Å². The van der Waals surface area contributed by atoms with Crippen molar-refractivity contribution in [2.75, 3.05) is 0 Å². The zero-order valence-corrected chi connectivity index (χ0v) is 11.6. The molecule has 0 bridgehead atoms. The van der Waals surface area contributed by atoms with E-state index >= 15 is 0 Å². The maximum Gasteiger partial charge on any atom is 1.00 e. The maximum atomic E-state index is 9.63. The smallest absolute Gasteiger partial charge is 0.565 e. The van der Waals surface area contributed by atoms with Crippen molar-refractivity contribution in [1.82, 2.24) is 0 Å². The van der Waals surface area contributed by atoms with E-state index in [9.17, 15) is 9.13 Å². The Morgan fingerprint density at radius 1 is 1.07 bits per heavy atom. The minimum Gasteiger partial charge on any atom is -0.565 e. The molecule has 0 aromatic heterocycles. The van der Waals surface area contributed by atoms with Gasteiger partial charge in [0.2, 0.25) is 6.16 Å². The van der Waals surface area contributed by atoms with Crippen molar-refractivity contribution in [1.29, 1.82) is 0 Å². The van der Waals surface area contributed by atoms with Gasteiger partial charge >= 0.3 is 67.0 Å². The molecule has 0 spiro atoms. The summed E-state index contributed by atoms with van der Waals surface area (Å²) < 4.78 is 22.2. The zero-order chi connectivity index (χ0) is 11.3. The number of hydrogen-bond donors (Lipinski definition) is 5. The Balaban J connectivity index is -0.000000209. The summed E-state index contributed by atoms with van der Waals surface area (Å²) in [5.74, 6) is 0. The molecule has 13 heteroatoms. The second-order valence-electron chi connectivity index (χ2n) is 1.33. The monoisotopic (exact) mass is 278 g/mol. The number of phosphoric acid groups is 2. The molecule has 0 saturated carbocycles. The van der Waals surface area contributed by atoms with Gasteiger partial charge in [-0.3, -0.25) is 0 Å². The van der Waals surface area contributed by atoms with Crippen molar-refractivity contribution in [3.63, 3.8) is 0 Å². The molecule has 0 amide bonds. The fraction of sp³-hybridized carbons (Fsp3) is 0. The van der Waals surface area contributed by atoms with Crippen LogP contribution in [0.15, 0.2) is 0 Å². The van der Waals surface area contributed by atoms with Gasteiger partial charge in [0.25, 0.3) is 0 Å². The molecule has 0 fully saturated rings. The van der Waals surface area contributed by atoms with Gasteiger partial charge in [0, 0.05) is 0 Å². The van der Waals surface area contributed by atoms with Gasteiger partial charge < -0.3 is 34.6 Å². The molecule has 0 heterocycles. The third-order valence-corrected chi connectivity index (χ3v) is 1.91. The molecule has 0 saturated heterocycles. The second kappa shape index (κ2) is 8.33. The topological polar surface area (TPSA) is 185 Å². The van der Waals surface area contributed by atoms with Crippen molar-refractivity contribution in [3.8, 4) is 0 Å². The Hall–Kier alpha value is 1.17. The first-order valence-electron chi connectivity index (χ1n) is 2.16. The van der Waals surface area contributed by atoms with E-state index in [1.165, 1.54) is 0 Å².